The topological polar surface area (TPSA) is 27.6 Å². The van der Waals surface area contributed by atoms with Crippen LogP contribution in [0.1, 0.15) is 88.0 Å². The quantitative estimate of drug-likeness (QED) is 0.661. The lowest BCUT2D eigenvalue weighted by atomic mass is 9.38. The number of hydrogen-bond donors (Lipinski definition) is 1. The standard InChI is InChI=1S/C18H37N/c1-14(2,3)17(15(4,5)6)12-10-11-13-18(17,19)16(7,8)9/h10-13,19H2,1-9H3/p+1. The molecule has 1 aliphatic carbocycles. The smallest absolute Gasteiger partial charge is 0.106 e. The molecule has 0 bridgehead atoms. The molecule has 0 heterocycles. The highest BCUT2D eigenvalue weighted by atomic mass is 14.9. The van der Waals surface area contributed by atoms with Gasteiger partial charge in [-0.25, -0.2) is 0 Å². The van der Waals surface area contributed by atoms with E-state index in [4.69, 9.17) is 5.73 Å². The maximum Gasteiger partial charge on any atom is 0.106 e. The molecule has 1 nitrogen and oxygen atoms in total. The molecule has 3 N–H and O–H groups in total. The number of hydrogen-bond acceptors (Lipinski definition) is 0. The zero-order chi connectivity index (χ0) is 15.3. The predicted octanol–water partition coefficient (Wildman–Crippen LogP) is 4.67. The fourth-order valence-corrected chi connectivity index (χ4v) is 5.60. The van der Waals surface area contributed by atoms with Crippen molar-refractivity contribution in [3.63, 3.8) is 0 Å². The Labute approximate surface area is 121 Å². The van der Waals surface area contributed by atoms with E-state index in [1.54, 1.807) is 0 Å². The van der Waals surface area contributed by atoms with Crippen molar-refractivity contribution in [2.45, 2.75) is 93.5 Å². The molecular formula is C18H38N+. The van der Waals surface area contributed by atoms with E-state index in [-0.39, 0.29) is 27.2 Å². The fraction of sp³-hybridized carbons (Fsp3) is 1.00. The van der Waals surface area contributed by atoms with Crippen LogP contribution in [0.15, 0.2) is 0 Å². The molecule has 0 amide bonds. The van der Waals surface area contributed by atoms with E-state index < -0.39 is 0 Å². The summed E-state index contributed by atoms with van der Waals surface area (Å²) < 4.78 is 0. The van der Waals surface area contributed by atoms with Crippen LogP contribution in [0.5, 0.6) is 0 Å². The minimum Gasteiger partial charge on any atom is -0.352 e. The predicted molar refractivity (Wildman–Crippen MR) is 84.9 cm³/mol. The summed E-state index contributed by atoms with van der Waals surface area (Å²) in [7, 11) is 0. The second-order valence-corrected chi connectivity index (χ2v) is 9.94. The first-order valence-corrected chi connectivity index (χ1v) is 8.06. The summed E-state index contributed by atoms with van der Waals surface area (Å²) in [4.78, 5) is 0. The van der Waals surface area contributed by atoms with Crippen molar-refractivity contribution in [3.05, 3.63) is 0 Å². The summed E-state index contributed by atoms with van der Waals surface area (Å²) in [5.74, 6) is 0. The summed E-state index contributed by atoms with van der Waals surface area (Å²) in [6.45, 7) is 21.8. The van der Waals surface area contributed by atoms with Crippen LogP contribution in [0.4, 0.5) is 0 Å². The Hall–Kier alpha value is -0.0400. The first kappa shape index (κ1) is 17.0. The molecule has 1 rings (SSSR count). The largest absolute Gasteiger partial charge is 0.352 e. The summed E-state index contributed by atoms with van der Waals surface area (Å²) in [6, 6.07) is 0. The molecule has 1 fully saturated rings. The van der Waals surface area contributed by atoms with E-state index in [0.29, 0.717) is 0 Å². The molecule has 1 saturated carbocycles. The Morgan fingerprint density at radius 2 is 1.00 bits per heavy atom. The summed E-state index contributed by atoms with van der Waals surface area (Å²) >= 11 is 0. The van der Waals surface area contributed by atoms with Crippen LogP contribution in [0.2, 0.25) is 0 Å². The summed E-state index contributed by atoms with van der Waals surface area (Å²) in [5, 5.41) is 0. The average molecular weight is 269 g/mol. The third-order valence-corrected chi connectivity index (χ3v) is 6.22. The van der Waals surface area contributed by atoms with Crippen LogP contribution in [0, 0.1) is 21.7 Å². The summed E-state index contributed by atoms with van der Waals surface area (Å²) in [6.07, 6.45) is 5.29. The van der Waals surface area contributed by atoms with Gasteiger partial charge < -0.3 is 5.73 Å². The molecule has 0 aromatic heterocycles. The Bertz CT molecular complexity index is 307. The van der Waals surface area contributed by atoms with Gasteiger partial charge in [-0.05, 0) is 23.7 Å². The first-order valence-electron chi connectivity index (χ1n) is 8.06. The van der Waals surface area contributed by atoms with Crippen LogP contribution >= 0.6 is 0 Å². The van der Waals surface area contributed by atoms with Crippen molar-refractivity contribution in [2.75, 3.05) is 0 Å². The fourth-order valence-electron chi connectivity index (χ4n) is 5.60. The molecular weight excluding hydrogens is 230 g/mol. The van der Waals surface area contributed by atoms with E-state index in [0.717, 1.165) is 0 Å². The molecule has 19 heavy (non-hydrogen) atoms. The van der Waals surface area contributed by atoms with Crippen LogP contribution in [-0.4, -0.2) is 5.54 Å². The van der Waals surface area contributed by atoms with E-state index >= 15 is 0 Å². The van der Waals surface area contributed by atoms with Gasteiger partial charge in [0.1, 0.15) is 5.54 Å². The molecule has 114 valence electrons. The van der Waals surface area contributed by atoms with E-state index in [1.165, 1.54) is 25.7 Å². The van der Waals surface area contributed by atoms with Gasteiger partial charge in [-0.1, -0.05) is 68.7 Å². The molecule has 0 radical (unpaired) electrons. The molecule has 0 spiro atoms. The third-order valence-electron chi connectivity index (χ3n) is 6.22. The highest BCUT2D eigenvalue weighted by molar-refractivity contribution is 5.15. The second kappa shape index (κ2) is 4.48. The molecule has 0 aromatic carbocycles. The van der Waals surface area contributed by atoms with Gasteiger partial charge in [-0.15, -0.1) is 0 Å². The molecule has 0 aromatic rings. The van der Waals surface area contributed by atoms with E-state index in [9.17, 15) is 0 Å². The van der Waals surface area contributed by atoms with Crippen LogP contribution in [0.3, 0.4) is 0 Å². The Kier molecular flexibility index (Phi) is 4.01. The van der Waals surface area contributed by atoms with Gasteiger partial charge in [0.2, 0.25) is 0 Å². The lowest BCUT2D eigenvalue weighted by Gasteiger charge is -2.66. The Morgan fingerprint density at radius 1 is 0.632 bits per heavy atom. The monoisotopic (exact) mass is 268 g/mol. The minimum atomic E-state index is 0.148. The molecule has 1 heteroatoms. The highest BCUT2D eigenvalue weighted by Gasteiger charge is 2.68. The van der Waals surface area contributed by atoms with Crippen molar-refractivity contribution >= 4 is 0 Å². The van der Waals surface area contributed by atoms with Gasteiger partial charge in [-0.3, -0.25) is 0 Å². The lowest BCUT2D eigenvalue weighted by Crippen LogP contribution is -2.89. The van der Waals surface area contributed by atoms with Crippen molar-refractivity contribution in [1.29, 1.82) is 0 Å². The third kappa shape index (κ3) is 2.26. The number of quaternary nitrogens is 1. The molecule has 0 saturated heterocycles. The van der Waals surface area contributed by atoms with Gasteiger partial charge in [0.05, 0.1) is 0 Å². The lowest BCUT2D eigenvalue weighted by molar-refractivity contribution is -0.558. The highest BCUT2D eigenvalue weighted by Crippen LogP contribution is 2.66. The van der Waals surface area contributed by atoms with Gasteiger partial charge in [0.15, 0.2) is 0 Å². The second-order valence-electron chi connectivity index (χ2n) is 9.94. The molecule has 0 aliphatic heterocycles. The van der Waals surface area contributed by atoms with E-state index in [1.807, 2.05) is 0 Å². The number of rotatable bonds is 0. The van der Waals surface area contributed by atoms with Crippen molar-refractivity contribution in [1.82, 2.24) is 0 Å². The van der Waals surface area contributed by atoms with Crippen molar-refractivity contribution < 1.29 is 5.73 Å². The van der Waals surface area contributed by atoms with Crippen LogP contribution < -0.4 is 5.73 Å². The van der Waals surface area contributed by atoms with Gasteiger partial charge >= 0.3 is 0 Å². The normalized spacial score (nSPS) is 29.4. The zero-order valence-corrected chi connectivity index (χ0v) is 15.0. The van der Waals surface area contributed by atoms with Crippen LogP contribution in [-0.2, 0) is 0 Å². The van der Waals surface area contributed by atoms with Gasteiger partial charge in [0.25, 0.3) is 0 Å². The molecule has 1 aliphatic rings. The molecule has 1 unspecified atom stereocenters. The minimum absolute atomic E-state index is 0.148. The van der Waals surface area contributed by atoms with Gasteiger partial charge in [0, 0.05) is 17.3 Å². The van der Waals surface area contributed by atoms with Crippen LogP contribution in [0.25, 0.3) is 0 Å². The zero-order valence-electron chi connectivity index (χ0n) is 15.0. The Morgan fingerprint density at radius 3 is 1.26 bits per heavy atom. The summed E-state index contributed by atoms with van der Waals surface area (Å²) in [5.41, 5.74) is 6.12. The average Bonchev–Trinajstić information content (AvgIpc) is 2.12. The SMILES string of the molecule is CC(C)(C)C1([NH3+])CCCCC1(C(C)(C)C)C(C)(C)C. The maximum atomic E-state index is 4.89. The first-order chi connectivity index (χ1) is 8.21. The van der Waals surface area contributed by atoms with E-state index in [2.05, 4.69) is 62.3 Å². The molecule has 1 atom stereocenters. The Balaban J connectivity index is 3.59. The van der Waals surface area contributed by atoms with Gasteiger partial charge in [-0.2, -0.15) is 0 Å². The maximum absolute atomic E-state index is 4.89. The van der Waals surface area contributed by atoms with Crippen molar-refractivity contribution in [2.24, 2.45) is 21.7 Å². The van der Waals surface area contributed by atoms with Crippen molar-refractivity contribution in [3.8, 4) is 0 Å².